The van der Waals surface area contributed by atoms with Crippen molar-refractivity contribution in [1.29, 1.82) is 0 Å². The number of nitrogens with one attached hydrogen (secondary N) is 1. The van der Waals surface area contributed by atoms with Gasteiger partial charge in [0.2, 0.25) is 5.91 Å². The van der Waals surface area contributed by atoms with Crippen molar-refractivity contribution in [1.82, 2.24) is 5.32 Å². The molecule has 0 saturated heterocycles. The van der Waals surface area contributed by atoms with Crippen LogP contribution in [0.3, 0.4) is 0 Å². The van der Waals surface area contributed by atoms with E-state index in [1.54, 1.807) is 6.92 Å². The number of carboxylic acids is 1. The molecule has 0 heterocycles. The second-order valence-electron chi connectivity index (χ2n) is 6.60. The fourth-order valence-corrected chi connectivity index (χ4v) is 3.87. The Morgan fingerprint density at radius 2 is 1.89 bits per heavy atom. The summed E-state index contributed by atoms with van der Waals surface area (Å²) >= 11 is 0. The number of aliphatic carboxylic acids is 1. The van der Waals surface area contributed by atoms with E-state index in [1.165, 1.54) is 6.42 Å². The number of carboxylic acid groups (broad SMARTS) is 1. The molecule has 4 nitrogen and oxygen atoms in total. The lowest BCUT2D eigenvalue weighted by Crippen LogP contribution is -2.48. The summed E-state index contributed by atoms with van der Waals surface area (Å²) in [4.78, 5) is 23.5. The third-order valence-corrected chi connectivity index (χ3v) is 5.38. The summed E-state index contributed by atoms with van der Waals surface area (Å²) in [6, 6.07) is -0.181. The van der Waals surface area contributed by atoms with Crippen LogP contribution in [0.5, 0.6) is 0 Å². The van der Waals surface area contributed by atoms with Crippen molar-refractivity contribution >= 4 is 11.9 Å². The van der Waals surface area contributed by atoms with Crippen molar-refractivity contribution in [3.63, 3.8) is 0 Å². The van der Waals surface area contributed by atoms with Crippen molar-refractivity contribution in [2.75, 3.05) is 0 Å². The zero-order valence-electron chi connectivity index (χ0n) is 10.8. The Bertz CT molecular complexity index is 385. The van der Waals surface area contributed by atoms with E-state index < -0.39 is 11.4 Å². The van der Waals surface area contributed by atoms with E-state index in [0.717, 1.165) is 37.5 Å². The van der Waals surface area contributed by atoms with E-state index in [9.17, 15) is 14.7 Å². The molecular weight excluding hydrogens is 230 g/mol. The normalized spacial score (nSPS) is 45.6. The summed E-state index contributed by atoms with van der Waals surface area (Å²) in [5.41, 5.74) is -0.767. The zero-order valence-corrected chi connectivity index (χ0v) is 10.8. The molecule has 1 amide bonds. The quantitative estimate of drug-likeness (QED) is 0.803. The van der Waals surface area contributed by atoms with Crippen LogP contribution in [0.4, 0.5) is 0 Å². The highest BCUT2D eigenvalue weighted by atomic mass is 16.4. The first kappa shape index (κ1) is 12.0. The van der Waals surface area contributed by atoms with Crippen LogP contribution in [0.25, 0.3) is 0 Å². The molecule has 0 aliphatic heterocycles. The highest BCUT2D eigenvalue weighted by molar-refractivity contribution is 5.82. The molecule has 3 saturated carbocycles. The molecule has 100 valence electrons. The Balaban J connectivity index is 1.61. The second kappa shape index (κ2) is 3.97. The van der Waals surface area contributed by atoms with Crippen LogP contribution in [0, 0.1) is 23.2 Å². The maximum atomic E-state index is 12.2. The standard InChI is InChI=1S/C14H21NO3/c1-14(13(17)18)4-2-3-11(14)15-12(16)10-6-8-5-9(8)7-10/h8-11H,2-7H2,1H3,(H,15,16)(H,17,18). The van der Waals surface area contributed by atoms with Gasteiger partial charge in [0.25, 0.3) is 0 Å². The molecule has 3 rings (SSSR count). The van der Waals surface area contributed by atoms with Gasteiger partial charge in [0, 0.05) is 12.0 Å². The van der Waals surface area contributed by atoms with E-state index in [4.69, 9.17) is 0 Å². The lowest BCUT2D eigenvalue weighted by atomic mass is 9.84. The predicted octanol–water partition coefficient (Wildman–Crippen LogP) is 1.79. The van der Waals surface area contributed by atoms with Gasteiger partial charge in [0.05, 0.1) is 5.41 Å². The average molecular weight is 251 g/mol. The third-order valence-electron chi connectivity index (χ3n) is 5.38. The molecule has 4 unspecified atom stereocenters. The van der Waals surface area contributed by atoms with Gasteiger partial charge in [0.1, 0.15) is 0 Å². The maximum Gasteiger partial charge on any atom is 0.311 e. The molecule has 0 spiro atoms. The lowest BCUT2D eigenvalue weighted by molar-refractivity contribution is -0.149. The van der Waals surface area contributed by atoms with Gasteiger partial charge in [-0.05, 0) is 50.9 Å². The first-order valence-electron chi connectivity index (χ1n) is 7.04. The third kappa shape index (κ3) is 1.82. The molecule has 4 atom stereocenters. The number of fused-ring (bicyclic) bond motifs is 1. The lowest BCUT2D eigenvalue weighted by Gasteiger charge is -2.29. The Labute approximate surface area is 107 Å². The van der Waals surface area contributed by atoms with Crippen LogP contribution < -0.4 is 5.32 Å². The van der Waals surface area contributed by atoms with Crippen LogP contribution in [0.15, 0.2) is 0 Å². The van der Waals surface area contributed by atoms with Crippen molar-refractivity contribution in [2.24, 2.45) is 23.2 Å². The largest absolute Gasteiger partial charge is 0.481 e. The Kier molecular flexibility index (Phi) is 2.65. The van der Waals surface area contributed by atoms with Crippen molar-refractivity contribution in [3.8, 4) is 0 Å². The van der Waals surface area contributed by atoms with Gasteiger partial charge in [-0.2, -0.15) is 0 Å². The topological polar surface area (TPSA) is 66.4 Å². The van der Waals surface area contributed by atoms with Crippen molar-refractivity contribution < 1.29 is 14.7 Å². The van der Waals surface area contributed by atoms with Crippen LogP contribution >= 0.6 is 0 Å². The molecule has 0 aromatic heterocycles. The highest BCUT2D eigenvalue weighted by Crippen LogP contribution is 2.54. The van der Waals surface area contributed by atoms with Gasteiger partial charge in [-0.1, -0.05) is 6.42 Å². The van der Waals surface area contributed by atoms with Crippen LogP contribution in [-0.4, -0.2) is 23.0 Å². The molecule has 18 heavy (non-hydrogen) atoms. The summed E-state index contributed by atoms with van der Waals surface area (Å²) in [7, 11) is 0. The van der Waals surface area contributed by atoms with E-state index in [1.807, 2.05) is 0 Å². The van der Waals surface area contributed by atoms with Crippen LogP contribution in [0.1, 0.15) is 45.4 Å². The van der Waals surface area contributed by atoms with Gasteiger partial charge in [-0.15, -0.1) is 0 Å². The van der Waals surface area contributed by atoms with Gasteiger partial charge in [0.15, 0.2) is 0 Å². The summed E-state index contributed by atoms with van der Waals surface area (Å²) < 4.78 is 0. The molecule has 3 fully saturated rings. The number of hydrogen-bond donors (Lipinski definition) is 2. The number of rotatable bonds is 3. The minimum Gasteiger partial charge on any atom is -0.481 e. The minimum absolute atomic E-state index is 0.0987. The van der Waals surface area contributed by atoms with Gasteiger partial charge < -0.3 is 10.4 Å². The number of amides is 1. The van der Waals surface area contributed by atoms with E-state index in [-0.39, 0.29) is 17.9 Å². The van der Waals surface area contributed by atoms with Crippen LogP contribution in [0.2, 0.25) is 0 Å². The fourth-order valence-electron chi connectivity index (χ4n) is 3.87. The molecule has 4 heteroatoms. The van der Waals surface area contributed by atoms with E-state index in [0.29, 0.717) is 6.42 Å². The summed E-state index contributed by atoms with van der Waals surface area (Å²) in [5, 5.41) is 12.3. The molecule has 0 aromatic carbocycles. The number of carbonyl (C=O) groups excluding carboxylic acids is 1. The smallest absolute Gasteiger partial charge is 0.311 e. The highest BCUT2D eigenvalue weighted by Gasteiger charge is 2.50. The first-order chi connectivity index (χ1) is 8.50. The Morgan fingerprint density at radius 3 is 2.50 bits per heavy atom. The Morgan fingerprint density at radius 1 is 1.22 bits per heavy atom. The monoisotopic (exact) mass is 251 g/mol. The molecule has 3 aliphatic rings. The molecule has 0 aromatic rings. The first-order valence-corrected chi connectivity index (χ1v) is 7.04. The van der Waals surface area contributed by atoms with Gasteiger partial charge >= 0.3 is 5.97 Å². The minimum atomic E-state index is -0.778. The molecule has 0 bridgehead atoms. The SMILES string of the molecule is CC1(C(=O)O)CCCC1NC(=O)C1CC2CC2C1. The molecular formula is C14H21NO3. The summed E-state index contributed by atoms with van der Waals surface area (Å²) in [6.07, 6.45) is 5.71. The zero-order chi connectivity index (χ0) is 12.9. The summed E-state index contributed by atoms with van der Waals surface area (Å²) in [5.74, 6) is 1.04. The fraction of sp³-hybridized carbons (Fsp3) is 0.857. The molecule has 3 aliphatic carbocycles. The number of carbonyl (C=O) groups is 2. The summed E-state index contributed by atoms with van der Waals surface area (Å²) in [6.45, 7) is 1.76. The van der Waals surface area contributed by atoms with Crippen molar-refractivity contribution in [3.05, 3.63) is 0 Å². The predicted molar refractivity (Wildman–Crippen MR) is 65.8 cm³/mol. The van der Waals surface area contributed by atoms with Crippen molar-refractivity contribution in [2.45, 2.75) is 51.5 Å². The van der Waals surface area contributed by atoms with E-state index in [2.05, 4.69) is 5.32 Å². The average Bonchev–Trinajstić information content (AvgIpc) is 2.75. The van der Waals surface area contributed by atoms with Gasteiger partial charge in [-0.3, -0.25) is 9.59 Å². The number of hydrogen-bond acceptors (Lipinski definition) is 2. The maximum absolute atomic E-state index is 12.2. The molecule has 0 radical (unpaired) electrons. The van der Waals surface area contributed by atoms with Gasteiger partial charge in [-0.25, -0.2) is 0 Å². The molecule has 2 N–H and O–H groups in total. The second-order valence-corrected chi connectivity index (χ2v) is 6.60. The van der Waals surface area contributed by atoms with Crippen LogP contribution in [-0.2, 0) is 9.59 Å². The Hall–Kier alpha value is -1.06. The van der Waals surface area contributed by atoms with E-state index >= 15 is 0 Å².